The molecule has 4 aromatic heterocycles. The number of fused-ring (bicyclic) bond motifs is 2. The first-order valence-electron chi connectivity index (χ1n) is 10.7. The molecule has 0 aromatic carbocycles. The zero-order chi connectivity index (χ0) is 23.5. The predicted octanol–water partition coefficient (Wildman–Crippen LogP) is 4.44. The smallest absolute Gasteiger partial charge is 0.312 e. The molecule has 4 aromatic rings. The highest BCUT2D eigenvalue weighted by molar-refractivity contribution is 7.93. The zero-order valence-corrected chi connectivity index (χ0v) is 19.1. The van der Waals surface area contributed by atoms with Gasteiger partial charge in [0.25, 0.3) is 0 Å². The van der Waals surface area contributed by atoms with Crippen LogP contribution in [0.1, 0.15) is 43.9 Å². The molecule has 12 heteroatoms. The number of hydrogen-bond acceptors (Lipinski definition) is 6. The van der Waals surface area contributed by atoms with Crippen molar-refractivity contribution in [1.29, 1.82) is 0 Å². The molecule has 0 aliphatic heterocycles. The van der Waals surface area contributed by atoms with Crippen molar-refractivity contribution in [2.75, 3.05) is 12.3 Å². The molecule has 0 spiro atoms. The Morgan fingerprint density at radius 2 is 1.97 bits per heavy atom. The van der Waals surface area contributed by atoms with Crippen LogP contribution in [-0.2, 0) is 23.0 Å². The Kier molecular flexibility index (Phi) is 4.96. The molecule has 1 aliphatic carbocycles. The number of rotatable bonds is 5. The van der Waals surface area contributed by atoms with Gasteiger partial charge in [0, 0.05) is 43.4 Å². The van der Waals surface area contributed by atoms with Crippen LogP contribution in [0.15, 0.2) is 33.9 Å². The third-order valence-corrected chi connectivity index (χ3v) is 8.15. The van der Waals surface area contributed by atoms with E-state index in [2.05, 4.69) is 19.3 Å². The van der Waals surface area contributed by atoms with Gasteiger partial charge in [-0.15, -0.1) is 0 Å². The van der Waals surface area contributed by atoms with Gasteiger partial charge >= 0.3 is 6.18 Å². The number of pyridine rings is 1. The zero-order valence-electron chi connectivity index (χ0n) is 18.3. The summed E-state index contributed by atoms with van der Waals surface area (Å²) in [6.07, 6.45) is -0.0159. The number of imidazole rings is 1. The average molecular weight is 478 g/mol. The molecule has 0 N–H and O–H groups in total. The van der Waals surface area contributed by atoms with Crippen LogP contribution in [0.25, 0.3) is 28.2 Å². The van der Waals surface area contributed by atoms with Crippen molar-refractivity contribution in [3.8, 4) is 11.4 Å². The molecular weight excluding hydrogens is 455 g/mol. The lowest BCUT2D eigenvalue weighted by molar-refractivity contribution is -0.137. The summed E-state index contributed by atoms with van der Waals surface area (Å²) < 4.78 is 61.2. The summed E-state index contributed by atoms with van der Waals surface area (Å²) in [4.78, 5) is 13.0. The van der Waals surface area contributed by atoms with E-state index in [9.17, 15) is 17.4 Å². The van der Waals surface area contributed by atoms with E-state index in [1.807, 2.05) is 6.07 Å². The number of hydrogen-bond donors (Lipinski definition) is 0. The molecule has 1 aliphatic rings. The minimum absolute atomic E-state index is 0.0846. The van der Waals surface area contributed by atoms with Crippen molar-refractivity contribution in [2.24, 2.45) is 11.4 Å². The molecule has 1 atom stereocenters. The molecule has 0 bridgehead atoms. The first-order chi connectivity index (χ1) is 15.7. The van der Waals surface area contributed by atoms with Gasteiger partial charge < -0.3 is 4.57 Å². The van der Waals surface area contributed by atoms with Crippen molar-refractivity contribution in [1.82, 2.24) is 29.1 Å². The lowest BCUT2D eigenvalue weighted by Gasteiger charge is -2.07. The highest BCUT2D eigenvalue weighted by Crippen LogP contribution is 2.42. The Morgan fingerprint density at radius 1 is 1.21 bits per heavy atom. The van der Waals surface area contributed by atoms with Crippen LogP contribution in [0.4, 0.5) is 13.2 Å². The van der Waals surface area contributed by atoms with Gasteiger partial charge in [-0.2, -0.15) is 18.3 Å². The Morgan fingerprint density at radius 3 is 2.61 bits per heavy atom. The van der Waals surface area contributed by atoms with E-state index in [4.69, 9.17) is 5.10 Å². The maximum Gasteiger partial charge on any atom is 0.417 e. The fourth-order valence-corrected chi connectivity index (χ4v) is 5.71. The van der Waals surface area contributed by atoms with E-state index in [1.54, 1.807) is 36.2 Å². The molecule has 8 nitrogen and oxygen atoms in total. The molecule has 0 saturated heterocycles. The summed E-state index contributed by atoms with van der Waals surface area (Å²) in [5.74, 6) is 0.875. The van der Waals surface area contributed by atoms with Crippen LogP contribution in [0.3, 0.4) is 0 Å². The van der Waals surface area contributed by atoms with Crippen LogP contribution in [0.2, 0.25) is 0 Å². The van der Waals surface area contributed by atoms with Gasteiger partial charge in [-0.3, -0.25) is 0 Å². The molecule has 0 amide bonds. The standard InChI is InChI=1S/C21H22F3N7OS/c1-4-27-33(32,5-2)20-16(18-25-9-8-15(12-6-7-12)31(18)29-20)19-28-14-10-13(21(22,23)24)11-26-17(14)30(19)3/h8-12H,4-7H2,1-3H3. The highest BCUT2D eigenvalue weighted by atomic mass is 32.2. The van der Waals surface area contributed by atoms with Gasteiger partial charge in [-0.1, -0.05) is 6.92 Å². The van der Waals surface area contributed by atoms with Crippen molar-refractivity contribution in [3.05, 3.63) is 35.8 Å². The average Bonchev–Trinajstić information content (AvgIpc) is 3.47. The highest BCUT2D eigenvalue weighted by Gasteiger charge is 2.34. The van der Waals surface area contributed by atoms with E-state index in [0.29, 0.717) is 29.5 Å². The summed E-state index contributed by atoms with van der Waals surface area (Å²) in [6, 6.07) is 2.86. The molecule has 1 unspecified atom stereocenters. The number of halogens is 3. The molecule has 0 radical (unpaired) electrons. The Bertz CT molecular complexity index is 1510. The van der Waals surface area contributed by atoms with Gasteiger partial charge in [-0.05, 0) is 31.9 Å². The minimum atomic E-state index is -4.54. The van der Waals surface area contributed by atoms with Crippen LogP contribution < -0.4 is 0 Å². The van der Waals surface area contributed by atoms with Crippen molar-refractivity contribution in [3.63, 3.8) is 0 Å². The van der Waals surface area contributed by atoms with Gasteiger partial charge in [0.15, 0.2) is 16.3 Å². The van der Waals surface area contributed by atoms with Gasteiger partial charge in [0.2, 0.25) is 0 Å². The van der Waals surface area contributed by atoms with Crippen molar-refractivity contribution in [2.45, 2.75) is 43.8 Å². The lowest BCUT2D eigenvalue weighted by Crippen LogP contribution is -2.08. The number of nitrogens with zero attached hydrogens (tertiary/aromatic N) is 7. The van der Waals surface area contributed by atoms with Crippen molar-refractivity contribution < 1.29 is 17.4 Å². The lowest BCUT2D eigenvalue weighted by atomic mass is 10.2. The second-order valence-electron chi connectivity index (χ2n) is 7.99. The molecule has 4 heterocycles. The largest absolute Gasteiger partial charge is 0.417 e. The summed E-state index contributed by atoms with van der Waals surface area (Å²) in [6.45, 7) is 3.91. The quantitative estimate of drug-likeness (QED) is 0.424. The maximum atomic E-state index is 13.9. The topological polar surface area (TPSA) is 90.3 Å². The monoisotopic (exact) mass is 477 g/mol. The minimum Gasteiger partial charge on any atom is -0.312 e. The summed E-state index contributed by atoms with van der Waals surface area (Å²) in [5.41, 5.74) is 1.30. The first kappa shape index (κ1) is 21.8. The van der Waals surface area contributed by atoms with E-state index in [0.717, 1.165) is 30.8 Å². The van der Waals surface area contributed by atoms with E-state index < -0.39 is 21.5 Å². The third-order valence-electron chi connectivity index (χ3n) is 5.80. The normalized spacial score (nSPS) is 16.4. The van der Waals surface area contributed by atoms with Gasteiger partial charge in [0.1, 0.15) is 11.3 Å². The Balaban J connectivity index is 1.86. The summed E-state index contributed by atoms with van der Waals surface area (Å²) in [5, 5.41) is 4.96. The van der Waals surface area contributed by atoms with Crippen LogP contribution in [0.5, 0.6) is 0 Å². The summed E-state index contributed by atoms with van der Waals surface area (Å²) >= 11 is 0. The van der Waals surface area contributed by atoms with E-state index in [1.165, 1.54) is 0 Å². The number of alkyl halides is 3. The van der Waals surface area contributed by atoms with Crippen LogP contribution in [-0.4, -0.2) is 45.6 Å². The van der Waals surface area contributed by atoms with E-state index >= 15 is 0 Å². The van der Waals surface area contributed by atoms with Gasteiger partial charge in [0.05, 0.1) is 20.9 Å². The Labute approximate surface area is 188 Å². The number of aryl methyl sites for hydroxylation is 1. The molecular formula is C21H22F3N7OS. The molecule has 5 rings (SSSR count). The fraction of sp³-hybridized carbons (Fsp3) is 0.429. The third kappa shape index (κ3) is 3.47. The summed E-state index contributed by atoms with van der Waals surface area (Å²) in [7, 11) is -1.24. The molecule has 1 saturated carbocycles. The van der Waals surface area contributed by atoms with Gasteiger partial charge in [-0.25, -0.2) is 28.0 Å². The number of aromatic nitrogens is 6. The van der Waals surface area contributed by atoms with E-state index in [-0.39, 0.29) is 21.9 Å². The molecule has 33 heavy (non-hydrogen) atoms. The second-order valence-corrected chi connectivity index (χ2v) is 10.5. The first-order valence-corrected chi connectivity index (χ1v) is 12.3. The molecule has 174 valence electrons. The predicted molar refractivity (Wildman–Crippen MR) is 117 cm³/mol. The SMILES string of the molecule is CCN=S(=O)(CC)c1nn2c(C3CC3)ccnc2c1-c1nc2cc(C(F)(F)F)cnc2n1C. The van der Waals surface area contributed by atoms with Crippen LogP contribution >= 0.6 is 0 Å². The van der Waals surface area contributed by atoms with Crippen molar-refractivity contribution >= 4 is 26.5 Å². The van der Waals surface area contributed by atoms with Crippen LogP contribution in [0, 0.1) is 0 Å². The second kappa shape index (κ2) is 7.51. The molecule has 1 fully saturated rings. The maximum absolute atomic E-state index is 13.9. The Hall–Kier alpha value is -3.02. The fourth-order valence-electron chi connectivity index (χ4n) is 4.00.